The van der Waals surface area contributed by atoms with E-state index in [1.165, 1.54) is 12.1 Å². The van der Waals surface area contributed by atoms with Gasteiger partial charge in [0.1, 0.15) is 30.8 Å². The molecule has 1 aromatic heterocycles. The fourth-order valence-corrected chi connectivity index (χ4v) is 8.31. The standard InChI is InChI=1S/C50H51N5O9/c56-42-19-17-40(41-18-20-45(58)53-47(41)42)43(57)29-51-28-32-9-13-36(14-10-32)48(59)52-23-26-62-49(60)37-15-11-33(12-16-37)31-63-39-8-4-7-38(27-39)46(35-5-2-1-3-6-35)54-50(61)64-44-30-55-24-21-34(44)22-25-55/h1-20,27,34,43-44,46,51,56-57H,21-26,28-31H2,(H,52,59)(H,53,58)(H,54,61). The zero-order valence-corrected chi connectivity index (χ0v) is 35.2. The summed E-state index contributed by atoms with van der Waals surface area (Å²) < 4.78 is 17.5. The molecular formula is C50H51N5O9. The van der Waals surface area contributed by atoms with Crippen LogP contribution in [0.25, 0.3) is 10.9 Å². The van der Waals surface area contributed by atoms with Crippen LogP contribution in [0.1, 0.15) is 73.5 Å². The molecule has 3 aliphatic heterocycles. The molecule has 330 valence electrons. The van der Waals surface area contributed by atoms with Crippen molar-refractivity contribution in [2.24, 2.45) is 5.92 Å². The number of carbonyl (C=O) groups is 3. The highest BCUT2D eigenvalue weighted by Crippen LogP contribution is 2.31. The molecule has 2 amide bonds. The Morgan fingerprint density at radius 1 is 0.812 bits per heavy atom. The van der Waals surface area contributed by atoms with Gasteiger partial charge in [-0.05, 0) is 108 Å². The molecule has 3 saturated heterocycles. The number of carbonyl (C=O) groups excluding carboxylic acids is 3. The van der Waals surface area contributed by atoms with Crippen LogP contribution in [0.2, 0.25) is 0 Å². The quantitative estimate of drug-likeness (QED) is 0.0457. The Kier molecular flexibility index (Phi) is 13.9. The van der Waals surface area contributed by atoms with Crippen LogP contribution in [0.5, 0.6) is 11.5 Å². The number of H-pyrrole nitrogens is 1. The van der Waals surface area contributed by atoms with Gasteiger partial charge in [-0.1, -0.05) is 72.8 Å². The molecule has 0 saturated carbocycles. The maximum absolute atomic E-state index is 13.2. The van der Waals surface area contributed by atoms with Crippen molar-refractivity contribution in [3.8, 4) is 11.5 Å². The predicted octanol–water partition coefficient (Wildman–Crippen LogP) is 6.13. The number of fused-ring (bicyclic) bond motifs is 4. The van der Waals surface area contributed by atoms with E-state index in [2.05, 4.69) is 25.8 Å². The molecule has 6 N–H and O–H groups in total. The number of piperidine rings is 3. The average molecular weight is 866 g/mol. The Bertz CT molecular complexity index is 2610. The second-order valence-electron chi connectivity index (χ2n) is 16.1. The molecule has 6 aromatic rings. The zero-order valence-electron chi connectivity index (χ0n) is 35.2. The van der Waals surface area contributed by atoms with E-state index in [4.69, 9.17) is 14.2 Å². The lowest BCUT2D eigenvalue weighted by Crippen LogP contribution is -2.52. The molecule has 4 heterocycles. The van der Waals surface area contributed by atoms with E-state index in [0.717, 1.165) is 54.7 Å². The number of hydrogen-bond acceptors (Lipinski definition) is 11. The summed E-state index contributed by atoms with van der Waals surface area (Å²) in [6, 6.07) is 36.8. The molecule has 14 heteroatoms. The Labute approximate surface area is 370 Å². The van der Waals surface area contributed by atoms with E-state index in [1.807, 2.05) is 54.6 Å². The highest BCUT2D eigenvalue weighted by molar-refractivity contribution is 5.94. The van der Waals surface area contributed by atoms with Crippen LogP contribution in [0, 0.1) is 5.92 Å². The number of aliphatic hydroxyl groups is 1. The van der Waals surface area contributed by atoms with Gasteiger partial charge >= 0.3 is 12.1 Å². The van der Waals surface area contributed by atoms with Crippen LogP contribution in [0.15, 0.2) is 132 Å². The van der Waals surface area contributed by atoms with E-state index < -0.39 is 24.2 Å². The van der Waals surface area contributed by atoms with E-state index in [0.29, 0.717) is 40.3 Å². The van der Waals surface area contributed by atoms with Crippen molar-refractivity contribution >= 4 is 28.9 Å². The molecule has 3 fully saturated rings. The number of aliphatic hydroxyl groups excluding tert-OH is 1. The number of amides is 2. The van der Waals surface area contributed by atoms with Gasteiger partial charge in [0.2, 0.25) is 5.56 Å². The van der Waals surface area contributed by atoms with Crippen molar-refractivity contribution in [2.45, 2.75) is 44.2 Å². The number of rotatable bonds is 17. The summed E-state index contributed by atoms with van der Waals surface area (Å²) >= 11 is 0. The molecule has 3 atom stereocenters. The summed E-state index contributed by atoms with van der Waals surface area (Å²) in [5.74, 6) is 0.127. The fraction of sp³-hybridized carbons (Fsp3) is 0.280. The van der Waals surface area contributed by atoms with Crippen LogP contribution < -0.4 is 26.2 Å². The van der Waals surface area contributed by atoms with Gasteiger partial charge in [0.25, 0.3) is 5.91 Å². The van der Waals surface area contributed by atoms with Crippen molar-refractivity contribution in [3.63, 3.8) is 0 Å². The Morgan fingerprint density at radius 2 is 1.55 bits per heavy atom. The van der Waals surface area contributed by atoms with Gasteiger partial charge in [-0.25, -0.2) is 9.59 Å². The summed E-state index contributed by atoms with van der Waals surface area (Å²) in [6.07, 6.45) is 0.678. The third-order valence-electron chi connectivity index (χ3n) is 11.8. The van der Waals surface area contributed by atoms with Crippen molar-refractivity contribution in [3.05, 3.63) is 177 Å². The smallest absolute Gasteiger partial charge is 0.408 e. The number of benzene rings is 5. The number of pyridine rings is 1. The topological polar surface area (TPSA) is 192 Å². The minimum Gasteiger partial charge on any atom is -0.506 e. The summed E-state index contributed by atoms with van der Waals surface area (Å²) in [5.41, 5.74) is 4.80. The largest absolute Gasteiger partial charge is 0.506 e. The highest BCUT2D eigenvalue weighted by Gasteiger charge is 2.37. The summed E-state index contributed by atoms with van der Waals surface area (Å²) in [5, 5.41) is 30.5. The molecule has 9 rings (SSSR count). The Morgan fingerprint density at radius 3 is 2.30 bits per heavy atom. The molecule has 0 aliphatic carbocycles. The first-order valence-electron chi connectivity index (χ1n) is 21.5. The van der Waals surface area contributed by atoms with Crippen LogP contribution in [0.4, 0.5) is 4.79 Å². The molecule has 5 aromatic carbocycles. The summed E-state index contributed by atoms with van der Waals surface area (Å²) in [6.45, 7) is 3.92. The molecule has 0 radical (unpaired) electrons. The average Bonchev–Trinajstić information content (AvgIpc) is 3.32. The number of phenolic OH excluding ortho intramolecular Hbond substituents is 1. The number of esters is 1. The van der Waals surface area contributed by atoms with E-state index in [1.54, 1.807) is 60.7 Å². The minimum atomic E-state index is -0.897. The van der Waals surface area contributed by atoms with Crippen LogP contribution in [0.3, 0.4) is 0 Å². The molecule has 3 aliphatic rings. The van der Waals surface area contributed by atoms with Crippen molar-refractivity contribution < 1.29 is 38.8 Å². The monoisotopic (exact) mass is 865 g/mol. The predicted molar refractivity (Wildman–Crippen MR) is 240 cm³/mol. The van der Waals surface area contributed by atoms with Gasteiger partial charge in [-0.15, -0.1) is 0 Å². The molecule has 0 spiro atoms. The van der Waals surface area contributed by atoms with Crippen LogP contribution in [-0.4, -0.2) is 83.5 Å². The number of aromatic hydroxyl groups is 1. The summed E-state index contributed by atoms with van der Waals surface area (Å²) in [7, 11) is 0. The van der Waals surface area contributed by atoms with E-state index >= 15 is 0 Å². The van der Waals surface area contributed by atoms with Crippen molar-refractivity contribution in [1.29, 1.82) is 0 Å². The van der Waals surface area contributed by atoms with Crippen LogP contribution in [-0.2, 0) is 22.6 Å². The molecule has 2 bridgehead atoms. The van der Waals surface area contributed by atoms with Gasteiger partial charge in [-0.2, -0.15) is 0 Å². The third-order valence-corrected chi connectivity index (χ3v) is 11.8. The maximum Gasteiger partial charge on any atom is 0.408 e. The lowest BCUT2D eigenvalue weighted by molar-refractivity contribution is -0.0336. The first-order chi connectivity index (χ1) is 31.2. The zero-order chi connectivity index (χ0) is 44.4. The number of hydrogen-bond donors (Lipinski definition) is 6. The van der Waals surface area contributed by atoms with Gasteiger partial charge in [-0.3, -0.25) is 14.5 Å². The lowest BCUT2D eigenvalue weighted by atomic mass is 9.86. The number of aromatic amines is 1. The second kappa shape index (κ2) is 20.5. The van der Waals surface area contributed by atoms with Gasteiger partial charge in [0.15, 0.2) is 0 Å². The van der Waals surface area contributed by atoms with Crippen molar-refractivity contribution in [1.82, 2.24) is 25.8 Å². The number of phenols is 1. The fourth-order valence-electron chi connectivity index (χ4n) is 8.31. The molecule has 14 nitrogen and oxygen atoms in total. The second-order valence-corrected chi connectivity index (χ2v) is 16.1. The number of nitrogens with zero attached hydrogens (tertiary/aromatic N) is 1. The number of alkyl carbamates (subject to hydrolysis) is 1. The normalized spacial score (nSPS) is 17.5. The van der Waals surface area contributed by atoms with Gasteiger partial charge < -0.3 is 45.4 Å². The first kappa shape index (κ1) is 43.6. The number of ether oxygens (including phenoxy) is 3. The van der Waals surface area contributed by atoms with E-state index in [9.17, 15) is 29.4 Å². The molecule has 64 heavy (non-hydrogen) atoms. The molecular weight excluding hydrogens is 815 g/mol. The number of aromatic nitrogens is 1. The summed E-state index contributed by atoms with van der Waals surface area (Å²) in [4.78, 5) is 55.4. The first-order valence-corrected chi connectivity index (χ1v) is 21.5. The Balaban J connectivity index is 0.758. The lowest BCUT2D eigenvalue weighted by Gasteiger charge is -2.43. The maximum atomic E-state index is 13.2. The van der Waals surface area contributed by atoms with Crippen molar-refractivity contribution in [2.75, 3.05) is 39.3 Å². The van der Waals surface area contributed by atoms with Gasteiger partial charge in [0.05, 0.1) is 29.8 Å². The third kappa shape index (κ3) is 11.0. The van der Waals surface area contributed by atoms with Crippen LogP contribution >= 0.6 is 0 Å². The highest BCUT2D eigenvalue weighted by atomic mass is 16.6. The number of nitrogens with one attached hydrogen (secondary N) is 4. The molecule has 3 unspecified atom stereocenters. The Hall–Kier alpha value is -7.00. The van der Waals surface area contributed by atoms with Gasteiger partial charge in [0, 0.05) is 36.7 Å². The minimum absolute atomic E-state index is 0.0151. The van der Waals surface area contributed by atoms with E-state index in [-0.39, 0.29) is 55.1 Å². The SMILES string of the molecule is O=C(NC(c1ccccc1)c1cccc(OCc2ccc(C(=O)OCCNC(=O)c3ccc(CNCC(O)c4ccc(O)c5[nH]c(=O)ccc45)cc3)cc2)c1)OC1CN2CCC1CC2.